The Morgan fingerprint density at radius 2 is 2.29 bits per heavy atom. The minimum Gasteiger partial charge on any atom is -0.381 e. The fraction of sp³-hybridized carbons (Fsp3) is 0.571. The molecular weight excluding hydrogens is 278 g/mol. The van der Waals surface area contributed by atoms with Crippen molar-refractivity contribution in [1.29, 1.82) is 0 Å². The van der Waals surface area contributed by atoms with Crippen molar-refractivity contribution in [2.75, 3.05) is 20.3 Å². The molecule has 0 amide bonds. The van der Waals surface area contributed by atoms with Crippen LogP contribution >= 0.6 is 15.9 Å². The predicted molar refractivity (Wildman–Crippen MR) is 74.2 cm³/mol. The zero-order valence-corrected chi connectivity index (χ0v) is 11.9. The van der Waals surface area contributed by atoms with Crippen molar-refractivity contribution in [2.45, 2.75) is 25.3 Å². The van der Waals surface area contributed by atoms with Crippen LogP contribution in [0.1, 0.15) is 18.4 Å². The Bertz CT molecular complexity index is 350. The Kier molecular flexibility index (Phi) is 5.01. The van der Waals surface area contributed by atoms with E-state index in [-0.39, 0.29) is 0 Å². The van der Waals surface area contributed by atoms with Crippen LogP contribution in [-0.2, 0) is 11.2 Å². The number of halogens is 1. The molecule has 1 fully saturated rings. The first kappa shape index (κ1) is 13.1. The summed E-state index contributed by atoms with van der Waals surface area (Å²) in [7, 11) is 2.05. The summed E-state index contributed by atoms with van der Waals surface area (Å²) < 4.78 is 6.79. The maximum atomic E-state index is 5.58. The molecule has 1 N–H and O–H groups in total. The topological polar surface area (TPSA) is 21.3 Å². The normalized spacial score (nSPS) is 22.4. The molecule has 1 aliphatic rings. The van der Waals surface area contributed by atoms with E-state index < -0.39 is 0 Å². The summed E-state index contributed by atoms with van der Waals surface area (Å²) in [4.78, 5) is 0. The number of likely N-dealkylation sites (N-methyl/N-ethyl adjacent to an activating group) is 1. The third-order valence-electron chi connectivity index (χ3n) is 3.53. The zero-order valence-electron chi connectivity index (χ0n) is 10.3. The molecular formula is C14H20BrNO. The van der Waals surface area contributed by atoms with Crippen LogP contribution in [-0.4, -0.2) is 26.3 Å². The highest BCUT2D eigenvalue weighted by atomic mass is 79.9. The lowest BCUT2D eigenvalue weighted by atomic mass is 9.89. The molecule has 1 heterocycles. The van der Waals surface area contributed by atoms with E-state index >= 15 is 0 Å². The molecule has 0 spiro atoms. The molecule has 0 aliphatic carbocycles. The summed E-state index contributed by atoms with van der Waals surface area (Å²) in [5, 5.41) is 3.45. The van der Waals surface area contributed by atoms with E-state index in [9.17, 15) is 0 Å². The number of benzene rings is 1. The predicted octanol–water partition coefficient (Wildman–Crippen LogP) is 3.01. The third kappa shape index (κ3) is 3.54. The first-order valence-corrected chi connectivity index (χ1v) is 7.09. The SMILES string of the molecule is CNC(Cc1ccccc1Br)C1CCCOC1. The lowest BCUT2D eigenvalue weighted by Crippen LogP contribution is -2.39. The Morgan fingerprint density at radius 3 is 2.94 bits per heavy atom. The molecule has 0 bridgehead atoms. The van der Waals surface area contributed by atoms with Crippen LogP contribution in [0.3, 0.4) is 0 Å². The maximum absolute atomic E-state index is 5.58. The van der Waals surface area contributed by atoms with Crippen molar-refractivity contribution in [2.24, 2.45) is 5.92 Å². The molecule has 1 aromatic rings. The van der Waals surface area contributed by atoms with Crippen molar-refractivity contribution < 1.29 is 4.74 Å². The van der Waals surface area contributed by atoms with E-state index in [2.05, 4.69) is 52.6 Å². The molecule has 1 aliphatic heterocycles. The van der Waals surface area contributed by atoms with Crippen LogP contribution in [0.15, 0.2) is 28.7 Å². The van der Waals surface area contributed by atoms with Gasteiger partial charge in [0.05, 0.1) is 6.61 Å². The third-order valence-corrected chi connectivity index (χ3v) is 4.31. The quantitative estimate of drug-likeness (QED) is 0.922. The van der Waals surface area contributed by atoms with Crippen LogP contribution < -0.4 is 5.32 Å². The average Bonchev–Trinajstić information content (AvgIpc) is 2.39. The Hall–Kier alpha value is -0.380. The van der Waals surface area contributed by atoms with E-state index in [4.69, 9.17) is 4.74 Å². The smallest absolute Gasteiger partial charge is 0.0509 e. The van der Waals surface area contributed by atoms with Gasteiger partial charge in [-0.25, -0.2) is 0 Å². The number of hydrogen-bond acceptors (Lipinski definition) is 2. The average molecular weight is 298 g/mol. The molecule has 2 nitrogen and oxygen atoms in total. The summed E-state index contributed by atoms with van der Waals surface area (Å²) in [6, 6.07) is 8.97. The molecule has 2 atom stereocenters. The van der Waals surface area contributed by atoms with E-state index in [1.165, 1.54) is 22.9 Å². The standard InChI is InChI=1S/C14H20BrNO/c1-16-14(12-6-4-8-17-10-12)9-11-5-2-3-7-13(11)15/h2-3,5,7,12,14,16H,4,6,8-10H2,1H3. The van der Waals surface area contributed by atoms with Gasteiger partial charge in [0.15, 0.2) is 0 Å². The largest absolute Gasteiger partial charge is 0.381 e. The number of hydrogen-bond donors (Lipinski definition) is 1. The van der Waals surface area contributed by atoms with Crippen LogP contribution in [0.4, 0.5) is 0 Å². The lowest BCUT2D eigenvalue weighted by Gasteiger charge is -2.30. The molecule has 0 saturated carbocycles. The van der Waals surface area contributed by atoms with Gasteiger partial charge in [-0.3, -0.25) is 0 Å². The van der Waals surface area contributed by atoms with Crippen molar-refractivity contribution in [3.05, 3.63) is 34.3 Å². The molecule has 0 aromatic heterocycles. The monoisotopic (exact) mass is 297 g/mol. The van der Waals surface area contributed by atoms with Crippen LogP contribution in [0.25, 0.3) is 0 Å². The lowest BCUT2D eigenvalue weighted by molar-refractivity contribution is 0.0404. The van der Waals surface area contributed by atoms with Crippen LogP contribution in [0.5, 0.6) is 0 Å². The van der Waals surface area contributed by atoms with Gasteiger partial charge in [-0.05, 0) is 43.9 Å². The molecule has 0 radical (unpaired) electrons. The highest BCUT2D eigenvalue weighted by Crippen LogP contribution is 2.23. The van der Waals surface area contributed by atoms with Gasteiger partial charge in [-0.1, -0.05) is 34.1 Å². The number of ether oxygens (including phenoxy) is 1. The summed E-state index contributed by atoms with van der Waals surface area (Å²) in [5.74, 6) is 0.640. The van der Waals surface area contributed by atoms with Crippen molar-refractivity contribution in [1.82, 2.24) is 5.32 Å². The van der Waals surface area contributed by atoms with Crippen molar-refractivity contribution in [3.8, 4) is 0 Å². The molecule has 1 aromatic carbocycles. The summed E-state index contributed by atoms with van der Waals surface area (Å²) in [6.07, 6.45) is 3.53. The van der Waals surface area contributed by atoms with E-state index in [0.717, 1.165) is 19.6 Å². The van der Waals surface area contributed by atoms with E-state index in [1.807, 2.05) is 0 Å². The van der Waals surface area contributed by atoms with Gasteiger partial charge >= 0.3 is 0 Å². The van der Waals surface area contributed by atoms with Crippen LogP contribution in [0, 0.1) is 5.92 Å². The van der Waals surface area contributed by atoms with Gasteiger partial charge in [-0.15, -0.1) is 0 Å². The second kappa shape index (κ2) is 6.53. The van der Waals surface area contributed by atoms with E-state index in [0.29, 0.717) is 12.0 Å². The Balaban J connectivity index is 2.01. The van der Waals surface area contributed by atoms with Crippen molar-refractivity contribution in [3.63, 3.8) is 0 Å². The summed E-state index contributed by atoms with van der Waals surface area (Å²) in [6.45, 7) is 1.83. The number of rotatable bonds is 4. The highest BCUT2D eigenvalue weighted by molar-refractivity contribution is 9.10. The van der Waals surface area contributed by atoms with Crippen molar-refractivity contribution >= 4 is 15.9 Å². The van der Waals surface area contributed by atoms with Gasteiger partial charge in [0.2, 0.25) is 0 Å². The molecule has 94 valence electrons. The van der Waals surface area contributed by atoms with Crippen LogP contribution in [0.2, 0.25) is 0 Å². The van der Waals surface area contributed by atoms with Gasteiger partial charge in [0.1, 0.15) is 0 Å². The number of nitrogens with one attached hydrogen (secondary N) is 1. The second-order valence-corrected chi connectivity index (χ2v) is 5.52. The molecule has 2 unspecified atom stereocenters. The Labute approximate surface area is 112 Å². The summed E-state index contributed by atoms with van der Waals surface area (Å²) >= 11 is 3.62. The maximum Gasteiger partial charge on any atom is 0.0509 e. The van der Waals surface area contributed by atoms with E-state index in [1.54, 1.807) is 0 Å². The first-order chi connectivity index (χ1) is 8.31. The minimum atomic E-state index is 0.508. The molecule has 1 saturated heterocycles. The minimum absolute atomic E-state index is 0.508. The molecule has 3 heteroatoms. The zero-order chi connectivity index (χ0) is 12.1. The first-order valence-electron chi connectivity index (χ1n) is 6.29. The Morgan fingerprint density at radius 1 is 1.47 bits per heavy atom. The molecule has 17 heavy (non-hydrogen) atoms. The second-order valence-electron chi connectivity index (χ2n) is 4.67. The van der Waals surface area contributed by atoms with Gasteiger partial charge in [0, 0.05) is 17.1 Å². The summed E-state index contributed by atoms with van der Waals surface area (Å²) in [5.41, 5.74) is 1.37. The fourth-order valence-electron chi connectivity index (χ4n) is 2.49. The highest BCUT2D eigenvalue weighted by Gasteiger charge is 2.23. The van der Waals surface area contributed by atoms with Gasteiger partial charge in [-0.2, -0.15) is 0 Å². The fourth-order valence-corrected chi connectivity index (χ4v) is 2.93. The van der Waals surface area contributed by atoms with Gasteiger partial charge < -0.3 is 10.1 Å². The van der Waals surface area contributed by atoms with Gasteiger partial charge in [0.25, 0.3) is 0 Å². The molecule has 2 rings (SSSR count).